The van der Waals surface area contributed by atoms with Crippen LogP contribution in [-0.4, -0.2) is 11.7 Å². The summed E-state index contributed by atoms with van der Waals surface area (Å²) in [5.41, 5.74) is 6.54. The van der Waals surface area contributed by atoms with Crippen LogP contribution in [0.4, 0.5) is 0 Å². The van der Waals surface area contributed by atoms with Crippen LogP contribution in [-0.2, 0) is 5.54 Å². The van der Waals surface area contributed by atoms with Crippen molar-refractivity contribution >= 4 is 0 Å². The zero-order chi connectivity index (χ0) is 10.1. The van der Waals surface area contributed by atoms with Gasteiger partial charge in [0.15, 0.2) is 0 Å². The van der Waals surface area contributed by atoms with Gasteiger partial charge in [-0.2, -0.15) is 0 Å². The van der Waals surface area contributed by atoms with Crippen molar-refractivity contribution in [3.63, 3.8) is 0 Å². The highest BCUT2D eigenvalue weighted by Gasteiger charge is 2.24. The molecule has 3 heteroatoms. The van der Waals surface area contributed by atoms with E-state index in [1.165, 1.54) is 0 Å². The van der Waals surface area contributed by atoms with Gasteiger partial charge in [-0.1, -0.05) is 0 Å². The zero-order valence-electron chi connectivity index (χ0n) is 8.42. The Morgan fingerprint density at radius 2 is 2.15 bits per heavy atom. The number of nitrogens with two attached hydrogens (primary N) is 1. The third kappa shape index (κ3) is 2.11. The lowest BCUT2D eigenvalue weighted by Gasteiger charge is -2.22. The average molecular weight is 183 g/mol. The van der Waals surface area contributed by atoms with Gasteiger partial charge in [-0.25, -0.2) is 0 Å². The molecule has 0 spiro atoms. The van der Waals surface area contributed by atoms with E-state index in [9.17, 15) is 0 Å². The van der Waals surface area contributed by atoms with Gasteiger partial charge in [0.25, 0.3) is 0 Å². The molecule has 1 unspecified atom stereocenters. The summed E-state index contributed by atoms with van der Waals surface area (Å²) in [6.07, 6.45) is 0.548. The minimum Gasteiger partial charge on any atom is -0.466 e. The highest BCUT2D eigenvalue weighted by molar-refractivity contribution is 5.27. The molecule has 0 aliphatic heterocycles. The van der Waals surface area contributed by atoms with E-state index in [4.69, 9.17) is 15.3 Å². The van der Waals surface area contributed by atoms with Crippen molar-refractivity contribution in [3.05, 3.63) is 23.2 Å². The average Bonchev–Trinajstić information content (AvgIpc) is 2.30. The Balaban J connectivity index is 2.98. The van der Waals surface area contributed by atoms with Gasteiger partial charge in [-0.15, -0.1) is 0 Å². The summed E-state index contributed by atoms with van der Waals surface area (Å²) in [6.45, 7) is 5.79. The number of aliphatic hydroxyl groups excluding tert-OH is 1. The van der Waals surface area contributed by atoms with Crippen LogP contribution in [0.3, 0.4) is 0 Å². The predicted octanol–water partition coefficient (Wildman–Crippen LogP) is 1.45. The van der Waals surface area contributed by atoms with Crippen molar-refractivity contribution in [2.75, 3.05) is 6.61 Å². The molecule has 74 valence electrons. The number of hydrogen-bond donors (Lipinski definition) is 2. The predicted molar refractivity (Wildman–Crippen MR) is 51.4 cm³/mol. The van der Waals surface area contributed by atoms with Gasteiger partial charge in [-0.05, 0) is 33.3 Å². The van der Waals surface area contributed by atoms with Gasteiger partial charge in [0, 0.05) is 17.7 Å². The first-order valence-corrected chi connectivity index (χ1v) is 4.44. The van der Waals surface area contributed by atoms with Crippen molar-refractivity contribution in [1.29, 1.82) is 0 Å². The molecule has 1 aromatic rings. The van der Waals surface area contributed by atoms with E-state index >= 15 is 0 Å². The first-order valence-electron chi connectivity index (χ1n) is 4.44. The first kappa shape index (κ1) is 10.3. The fourth-order valence-corrected chi connectivity index (χ4v) is 1.56. The molecule has 1 atom stereocenters. The minimum atomic E-state index is -0.489. The molecule has 3 nitrogen and oxygen atoms in total. The lowest BCUT2D eigenvalue weighted by atomic mass is 9.90. The van der Waals surface area contributed by atoms with Gasteiger partial charge >= 0.3 is 0 Å². The highest BCUT2D eigenvalue weighted by Crippen LogP contribution is 2.27. The molecule has 3 N–H and O–H groups in total. The van der Waals surface area contributed by atoms with Crippen LogP contribution in [0.1, 0.15) is 30.4 Å². The normalized spacial score (nSPS) is 15.8. The molecular weight excluding hydrogens is 166 g/mol. The SMILES string of the molecule is Cc1cc(C(C)(N)CCO)c(C)o1. The molecule has 1 rings (SSSR count). The van der Waals surface area contributed by atoms with E-state index in [2.05, 4.69) is 0 Å². The van der Waals surface area contributed by atoms with Gasteiger partial charge in [0.05, 0.1) is 0 Å². The summed E-state index contributed by atoms with van der Waals surface area (Å²) in [6, 6.07) is 1.94. The number of furan rings is 1. The summed E-state index contributed by atoms with van der Waals surface area (Å²) < 4.78 is 5.39. The van der Waals surface area contributed by atoms with Crippen LogP contribution in [0.5, 0.6) is 0 Å². The number of rotatable bonds is 3. The standard InChI is InChI=1S/C10H17NO2/c1-7-6-9(8(2)13-7)10(3,11)4-5-12/h6,12H,4-5,11H2,1-3H3. The van der Waals surface area contributed by atoms with E-state index in [0.29, 0.717) is 6.42 Å². The van der Waals surface area contributed by atoms with E-state index in [-0.39, 0.29) is 6.61 Å². The summed E-state index contributed by atoms with van der Waals surface area (Å²) in [4.78, 5) is 0. The van der Waals surface area contributed by atoms with Gasteiger partial charge in [0.2, 0.25) is 0 Å². The van der Waals surface area contributed by atoms with E-state index in [0.717, 1.165) is 17.1 Å². The summed E-state index contributed by atoms with van der Waals surface area (Å²) >= 11 is 0. The molecule has 1 aromatic heterocycles. The Morgan fingerprint density at radius 1 is 1.54 bits per heavy atom. The molecule has 0 fully saturated rings. The van der Waals surface area contributed by atoms with Crippen molar-refractivity contribution in [1.82, 2.24) is 0 Å². The Hall–Kier alpha value is -0.800. The van der Waals surface area contributed by atoms with Crippen LogP contribution in [0.25, 0.3) is 0 Å². The molecule has 0 bridgehead atoms. The lowest BCUT2D eigenvalue weighted by molar-refractivity contribution is 0.246. The Bertz CT molecular complexity index is 289. The molecule has 0 radical (unpaired) electrons. The van der Waals surface area contributed by atoms with Crippen molar-refractivity contribution in [2.45, 2.75) is 32.7 Å². The second kappa shape index (κ2) is 3.52. The number of aliphatic hydroxyl groups is 1. The molecular formula is C10H17NO2. The molecule has 0 saturated heterocycles. The van der Waals surface area contributed by atoms with Crippen LogP contribution in [0.15, 0.2) is 10.5 Å². The van der Waals surface area contributed by atoms with Crippen LogP contribution >= 0.6 is 0 Å². The van der Waals surface area contributed by atoms with E-state index in [1.807, 2.05) is 26.8 Å². The van der Waals surface area contributed by atoms with Gasteiger partial charge in [-0.3, -0.25) is 0 Å². The van der Waals surface area contributed by atoms with Gasteiger partial charge < -0.3 is 15.3 Å². The largest absolute Gasteiger partial charge is 0.466 e. The van der Waals surface area contributed by atoms with Crippen LogP contribution < -0.4 is 5.73 Å². The second-order valence-corrected chi connectivity index (χ2v) is 3.72. The highest BCUT2D eigenvalue weighted by atomic mass is 16.3. The molecule has 0 aromatic carbocycles. The topological polar surface area (TPSA) is 59.4 Å². The molecule has 1 heterocycles. The zero-order valence-corrected chi connectivity index (χ0v) is 8.42. The van der Waals surface area contributed by atoms with Gasteiger partial charge in [0.1, 0.15) is 11.5 Å². The fraction of sp³-hybridized carbons (Fsp3) is 0.600. The maximum atomic E-state index is 8.85. The third-order valence-corrected chi connectivity index (χ3v) is 2.29. The fourth-order valence-electron chi connectivity index (χ4n) is 1.56. The molecule has 0 aliphatic rings. The second-order valence-electron chi connectivity index (χ2n) is 3.72. The molecule has 0 aliphatic carbocycles. The van der Waals surface area contributed by atoms with Crippen molar-refractivity contribution in [3.8, 4) is 0 Å². The monoisotopic (exact) mass is 183 g/mol. The number of hydrogen-bond acceptors (Lipinski definition) is 3. The third-order valence-electron chi connectivity index (χ3n) is 2.29. The first-order chi connectivity index (χ1) is 5.97. The maximum absolute atomic E-state index is 8.85. The lowest BCUT2D eigenvalue weighted by Crippen LogP contribution is -2.34. The Labute approximate surface area is 78.5 Å². The maximum Gasteiger partial charge on any atom is 0.106 e. The summed E-state index contributed by atoms with van der Waals surface area (Å²) in [5, 5.41) is 8.85. The van der Waals surface area contributed by atoms with E-state index < -0.39 is 5.54 Å². The van der Waals surface area contributed by atoms with Crippen LogP contribution in [0.2, 0.25) is 0 Å². The molecule has 0 saturated carbocycles. The molecule has 13 heavy (non-hydrogen) atoms. The van der Waals surface area contributed by atoms with Crippen LogP contribution in [0, 0.1) is 13.8 Å². The summed E-state index contributed by atoms with van der Waals surface area (Å²) in [5.74, 6) is 1.71. The smallest absolute Gasteiger partial charge is 0.106 e. The minimum absolute atomic E-state index is 0.0939. The van der Waals surface area contributed by atoms with E-state index in [1.54, 1.807) is 0 Å². The molecule has 0 amide bonds. The van der Waals surface area contributed by atoms with Crippen molar-refractivity contribution < 1.29 is 9.52 Å². The quantitative estimate of drug-likeness (QED) is 0.745. The Kier molecular flexibility index (Phi) is 2.78. The summed E-state index contributed by atoms with van der Waals surface area (Å²) in [7, 11) is 0. The Morgan fingerprint density at radius 3 is 2.54 bits per heavy atom. The van der Waals surface area contributed by atoms with Crippen molar-refractivity contribution in [2.24, 2.45) is 5.73 Å². The number of aryl methyl sites for hydroxylation is 2.